The molecule has 0 aliphatic rings. The molecular formula is C7H8NNaO2S. The first-order valence-corrected chi connectivity index (χ1v) is 4.24. The SMILES string of the molecule is NC(c1ccccc1)S(=O)[O-].[Na+]. The molecule has 1 aromatic carbocycles. The molecule has 0 amide bonds. The Kier molecular flexibility index (Phi) is 6.00. The van der Waals surface area contributed by atoms with Gasteiger partial charge in [-0.2, -0.15) is 0 Å². The summed E-state index contributed by atoms with van der Waals surface area (Å²) < 4.78 is 20.7. The van der Waals surface area contributed by atoms with E-state index in [4.69, 9.17) is 5.73 Å². The summed E-state index contributed by atoms with van der Waals surface area (Å²) >= 11 is -2.23. The minimum atomic E-state index is -2.23. The van der Waals surface area contributed by atoms with Gasteiger partial charge >= 0.3 is 29.6 Å². The fourth-order valence-corrected chi connectivity index (χ4v) is 1.13. The summed E-state index contributed by atoms with van der Waals surface area (Å²) in [5, 5.41) is -0.906. The van der Waals surface area contributed by atoms with E-state index in [2.05, 4.69) is 0 Å². The van der Waals surface area contributed by atoms with Gasteiger partial charge < -0.3 is 10.3 Å². The van der Waals surface area contributed by atoms with Crippen LogP contribution in [0, 0.1) is 0 Å². The molecule has 0 aliphatic carbocycles. The number of rotatable bonds is 2. The largest absolute Gasteiger partial charge is 1.00 e. The normalized spacial score (nSPS) is 14.5. The Morgan fingerprint density at radius 3 is 2.25 bits per heavy atom. The van der Waals surface area contributed by atoms with Crippen molar-refractivity contribution in [2.45, 2.75) is 5.37 Å². The van der Waals surface area contributed by atoms with Crippen LogP contribution < -0.4 is 35.3 Å². The van der Waals surface area contributed by atoms with Crippen LogP contribution in [0.4, 0.5) is 0 Å². The van der Waals surface area contributed by atoms with E-state index in [1.54, 1.807) is 24.3 Å². The standard InChI is InChI=1S/C7H9NO2S.Na/c8-7(11(9)10)6-4-2-1-3-5-6;/h1-5,7H,8H2,(H,9,10);/q;+1/p-1. The van der Waals surface area contributed by atoms with E-state index in [1.807, 2.05) is 6.07 Å². The minimum Gasteiger partial charge on any atom is -0.771 e. The van der Waals surface area contributed by atoms with E-state index in [-0.39, 0.29) is 29.6 Å². The summed E-state index contributed by atoms with van der Waals surface area (Å²) in [6.07, 6.45) is 0. The predicted octanol–water partition coefficient (Wildman–Crippen LogP) is -2.47. The first-order chi connectivity index (χ1) is 5.22. The van der Waals surface area contributed by atoms with Crippen LogP contribution in [-0.2, 0) is 11.1 Å². The van der Waals surface area contributed by atoms with Gasteiger partial charge in [-0.3, -0.25) is 4.21 Å². The van der Waals surface area contributed by atoms with Gasteiger partial charge in [-0.1, -0.05) is 30.3 Å². The Balaban J connectivity index is 0.00000121. The number of benzene rings is 1. The van der Waals surface area contributed by atoms with Crippen LogP contribution in [0.15, 0.2) is 30.3 Å². The molecule has 0 heterocycles. The summed E-state index contributed by atoms with van der Waals surface area (Å²) in [5.74, 6) is 0. The van der Waals surface area contributed by atoms with Crippen LogP contribution in [0.1, 0.15) is 10.9 Å². The van der Waals surface area contributed by atoms with E-state index >= 15 is 0 Å². The van der Waals surface area contributed by atoms with Crippen molar-refractivity contribution in [3.63, 3.8) is 0 Å². The molecule has 0 radical (unpaired) electrons. The third kappa shape index (κ3) is 3.35. The molecule has 0 fully saturated rings. The van der Waals surface area contributed by atoms with Gasteiger partial charge in [-0.25, -0.2) is 0 Å². The molecule has 0 spiro atoms. The first kappa shape index (κ1) is 12.3. The smallest absolute Gasteiger partial charge is 0.771 e. The third-order valence-corrected chi connectivity index (χ3v) is 2.02. The van der Waals surface area contributed by atoms with Crippen LogP contribution in [0.5, 0.6) is 0 Å². The molecule has 0 saturated carbocycles. The van der Waals surface area contributed by atoms with Crippen molar-refractivity contribution in [1.82, 2.24) is 0 Å². The predicted molar refractivity (Wildman–Crippen MR) is 42.3 cm³/mol. The summed E-state index contributed by atoms with van der Waals surface area (Å²) in [6.45, 7) is 0. The van der Waals surface area contributed by atoms with Crippen molar-refractivity contribution in [2.75, 3.05) is 0 Å². The Morgan fingerprint density at radius 1 is 1.33 bits per heavy atom. The van der Waals surface area contributed by atoms with Crippen LogP contribution in [0.3, 0.4) is 0 Å². The second-order valence-corrected chi connectivity index (χ2v) is 3.12. The molecule has 12 heavy (non-hydrogen) atoms. The van der Waals surface area contributed by atoms with E-state index in [0.717, 1.165) is 0 Å². The molecule has 1 aromatic rings. The number of nitrogens with two attached hydrogens (primary N) is 1. The molecular weight excluding hydrogens is 185 g/mol. The van der Waals surface area contributed by atoms with Crippen molar-refractivity contribution >= 4 is 11.1 Å². The van der Waals surface area contributed by atoms with Gasteiger partial charge in [0.1, 0.15) is 0 Å². The molecule has 0 aliphatic heterocycles. The van der Waals surface area contributed by atoms with Gasteiger partial charge in [0, 0.05) is 0 Å². The number of hydrogen-bond acceptors (Lipinski definition) is 3. The van der Waals surface area contributed by atoms with Crippen molar-refractivity contribution in [3.05, 3.63) is 35.9 Å². The zero-order valence-electron chi connectivity index (χ0n) is 6.77. The maximum absolute atomic E-state index is 10.4. The minimum absolute atomic E-state index is 0. The van der Waals surface area contributed by atoms with Gasteiger partial charge in [0.2, 0.25) is 0 Å². The van der Waals surface area contributed by atoms with Crippen LogP contribution >= 0.6 is 0 Å². The fourth-order valence-electron chi connectivity index (χ4n) is 0.754. The molecule has 0 bridgehead atoms. The average molecular weight is 193 g/mol. The van der Waals surface area contributed by atoms with Crippen molar-refractivity contribution < 1.29 is 38.3 Å². The van der Waals surface area contributed by atoms with Crippen LogP contribution in [0.2, 0.25) is 0 Å². The molecule has 0 saturated heterocycles. The Bertz CT molecular complexity index is 255. The summed E-state index contributed by atoms with van der Waals surface area (Å²) in [6, 6.07) is 8.68. The molecule has 1 rings (SSSR count). The van der Waals surface area contributed by atoms with Crippen LogP contribution in [0.25, 0.3) is 0 Å². The summed E-state index contributed by atoms with van der Waals surface area (Å²) in [7, 11) is 0. The van der Waals surface area contributed by atoms with E-state index in [0.29, 0.717) is 5.56 Å². The monoisotopic (exact) mass is 193 g/mol. The maximum atomic E-state index is 10.4. The number of hydrogen-bond donors (Lipinski definition) is 1. The third-order valence-electron chi connectivity index (χ3n) is 1.34. The zero-order chi connectivity index (χ0) is 8.27. The molecule has 2 unspecified atom stereocenters. The summed E-state index contributed by atoms with van der Waals surface area (Å²) in [5.41, 5.74) is 5.94. The quantitative estimate of drug-likeness (QED) is 0.418. The second-order valence-electron chi connectivity index (χ2n) is 2.09. The molecule has 3 nitrogen and oxygen atoms in total. The zero-order valence-corrected chi connectivity index (χ0v) is 9.58. The molecule has 2 atom stereocenters. The molecule has 5 heteroatoms. The average Bonchev–Trinajstić information content (AvgIpc) is 2.05. The second kappa shape index (κ2) is 5.85. The van der Waals surface area contributed by atoms with E-state index < -0.39 is 16.5 Å². The Morgan fingerprint density at radius 2 is 1.83 bits per heavy atom. The molecule has 0 aromatic heterocycles. The van der Waals surface area contributed by atoms with Crippen LogP contribution in [-0.4, -0.2) is 8.76 Å². The van der Waals surface area contributed by atoms with Crippen molar-refractivity contribution in [2.24, 2.45) is 5.73 Å². The summed E-state index contributed by atoms with van der Waals surface area (Å²) in [4.78, 5) is 0. The van der Waals surface area contributed by atoms with Gasteiger partial charge in [-0.05, 0) is 16.6 Å². The molecule has 60 valence electrons. The Labute approximate surface area is 95.9 Å². The fraction of sp³-hybridized carbons (Fsp3) is 0.143. The topological polar surface area (TPSA) is 66.2 Å². The maximum Gasteiger partial charge on any atom is 1.00 e. The van der Waals surface area contributed by atoms with Gasteiger partial charge in [0.25, 0.3) is 0 Å². The van der Waals surface area contributed by atoms with Gasteiger partial charge in [0.15, 0.2) is 0 Å². The van der Waals surface area contributed by atoms with E-state index in [1.165, 1.54) is 0 Å². The van der Waals surface area contributed by atoms with Crippen molar-refractivity contribution in [1.29, 1.82) is 0 Å². The van der Waals surface area contributed by atoms with E-state index in [9.17, 15) is 8.76 Å². The molecule has 2 N–H and O–H groups in total. The Hall–Kier alpha value is 0.290. The van der Waals surface area contributed by atoms with Gasteiger partial charge in [0.05, 0.1) is 5.37 Å². The first-order valence-electron chi connectivity index (χ1n) is 3.10. The van der Waals surface area contributed by atoms with Crippen molar-refractivity contribution in [3.8, 4) is 0 Å². The van der Waals surface area contributed by atoms with Gasteiger partial charge in [-0.15, -0.1) is 0 Å².